The third-order valence-electron chi connectivity index (χ3n) is 4.51. The average Bonchev–Trinajstić information content (AvgIpc) is 2.84. The Morgan fingerprint density at radius 3 is 2.52 bits per heavy atom. The molecule has 128 valence electrons. The van der Waals surface area contributed by atoms with Crippen molar-refractivity contribution in [3.63, 3.8) is 0 Å². The number of rotatable bonds is 6. The highest BCUT2D eigenvalue weighted by Crippen LogP contribution is 2.24. The zero-order valence-electron chi connectivity index (χ0n) is 13.9. The van der Waals surface area contributed by atoms with Gasteiger partial charge in [-0.2, -0.15) is 0 Å². The van der Waals surface area contributed by atoms with Crippen LogP contribution in [0.2, 0.25) is 5.02 Å². The minimum absolute atomic E-state index is 0.268. The second kappa shape index (κ2) is 9.26. The summed E-state index contributed by atoms with van der Waals surface area (Å²) in [6, 6.07) is 6.97. The Hall–Kier alpha value is -1.10. The van der Waals surface area contributed by atoms with Crippen LogP contribution in [0.3, 0.4) is 0 Å². The minimum atomic E-state index is -1.19. The predicted octanol–water partition coefficient (Wildman–Crippen LogP) is 3.10. The molecule has 0 bridgehead atoms. The van der Waals surface area contributed by atoms with Gasteiger partial charge >= 0.3 is 0 Å². The number of carbonyl (C=O) groups is 1. The SMILES string of the molecule is CCN(CCN1CCCCCC1)C(=O)C(O)c1ccccc1Cl. The van der Waals surface area contributed by atoms with E-state index in [0.29, 0.717) is 23.7 Å². The van der Waals surface area contributed by atoms with E-state index in [1.807, 2.05) is 6.92 Å². The Kier molecular flexibility index (Phi) is 7.34. The summed E-state index contributed by atoms with van der Waals surface area (Å²) < 4.78 is 0. The summed E-state index contributed by atoms with van der Waals surface area (Å²) in [5.41, 5.74) is 0.479. The van der Waals surface area contributed by atoms with Gasteiger partial charge in [0, 0.05) is 30.2 Å². The summed E-state index contributed by atoms with van der Waals surface area (Å²) in [5.74, 6) is -0.268. The molecular formula is C18H27ClN2O2. The average molecular weight is 339 g/mol. The molecule has 0 radical (unpaired) electrons. The number of likely N-dealkylation sites (tertiary alicyclic amines) is 1. The molecule has 0 aromatic heterocycles. The summed E-state index contributed by atoms with van der Waals surface area (Å²) in [6.07, 6.45) is 3.90. The van der Waals surface area contributed by atoms with Gasteiger partial charge in [-0.25, -0.2) is 0 Å². The molecular weight excluding hydrogens is 312 g/mol. The van der Waals surface area contributed by atoms with Gasteiger partial charge in [0.1, 0.15) is 0 Å². The van der Waals surface area contributed by atoms with Crippen LogP contribution in [0.4, 0.5) is 0 Å². The van der Waals surface area contributed by atoms with Crippen LogP contribution in [0.15, 0.2) is 24.3 Å². The molecule has 1 unspecified atom stereocenters. The number of halogens is 1. The van der Waals surface area contributed by atoms with Crippen molar-refractivity contribution in [2.75, 3.05) is 32.7 Å². The van der Waals surface area contributed by atoms with Gasteiger partial charge in [0.2, 0.25) is 0 Å². The van der Waals surface area contributed by atoms with E-state index in [0.717, 1.165) is 19.6 Å². The molecule has 1 saturated heterocycles. The molecule has 1 aromatic carbocycles. The van der Waals surface area contributed by atoms with Crippen LogP contribution < -0.4 is 0 Å². The highest BCUT2D eigenvalue weighted by atomic mass is 35.5. The van der Waals surface area contributed by atoms with Crippen LogP contribution in [-0.2, 0) is 4.79 Å². The molecule has 1 fully saturated rings. The van der Waals surface area contributed by atoms with Crippen molar-refractivity contribution in [1.29, 1.82) is 0 Å². The number of amides is 1. The van der Waals surface area contributed by atoms with E-state index in [1.54, 1.807) is 29.2 Å². The maximum atomic E-state index is 12.6. The molecule has 1 atom stereocenters. The predicted molar refractivity (Wildman–Crippen MR) is 93.6 cm³/mol. The lowest BCUT2D eigenvalue weighted by molar-refractivity contribution is -0.140. The van der Waals surface area contributed by atoms with E-state index in [2.05, 4.69) is 4.90 Å². The number of nitrogens with zero attached hydrogens (tertiary/aromatic N) is 2. The van der Waals surface area contributed by atoms with Crippen LogP contribution in [0.5, 0.6) is 0 Å². The first kappa shape index (κ1) is 18.2. The Balaban J connectivity index is 1.93. The summed E-state index contributed by atoms with van der Waals surface area (Å²) >= 11 is 6.09. The largest absolute Gasteiger partial charge is 0.378 e. The Morgan fingerprint density at radius 2 is 1.91 bits per heavy atom. The number of likely N-dealkylation sites (N-methyl/N-ethyl adjacent to an activating group) is 1. The lowest BCUT2D eigenvalue weighted by Crippen LogP contribution is -2.41. The Labute approximate surface area is 144 Å². The van der Waals surface area contributed by atoms with E-state index < -0.39 is 6.10 Å². The molecule has 1 aliphatic heterocycles. The van der Waals surface area contributed by atoms with Gasteiger partial charge < -0.3 is 14.9 Å². The van der Waals surface area contributed by atoms with Crippen LogP contribution in [0, 0.1) is 0 Å². The normalized spacial score (nSPS) is 17.5. The van der Waals surface area contributed by atoms with E-state index in [4.69, 9.17) is 11.6 Å². The van der Waals surface area contributed by atoms with Crippen LogP contribution in [0.1, 0.15) is 44.3 Å². The topological polar surface area (TPSA) is 43.8 Å². The van der Waals surface area contributed by atoms with Gasteiger partial charge in [-0.1, -0.05) is 42.6 Å². The summed E-state index contributed by atoms with van der Waals surface area (Å²) in [4.78, 5) is 16.7. The third kappa shape index (κ3) is 5.20. The lowest BCUT2D eigenvalue weighted by atomic mass is 10.1. The maximum Gasteiger partial charge on any atom is 0.256 e. The fourth-order valence-corrected chi connectivity index (χ4v) is 3.29. The molecule has 23 heavy (non-hydrogen) atoms. The monoisotopic (exact) mass is 338 g/mol. The molecule has 1 amide bonds. The lowest BCUT2D eigenvalue weighted by Gasteiger charge is -2.28. The first-order chi connectivity index (χ1) is 11.1. The first-order valence-electron chi connectivity index (χ1n) is 8.57. The third-order valence-corrected chi connectivity index (χ3v) is 4.86. The zero-order chi connectivity index (χ0) is 16.7. The summed E-state index contributed by atoms with van der Waals surface area (Å²) in [5, 5.41) is 10.8. The highest BCUT2D eigenvalue weighted by molar-refractivity contribution is 6.31. The second-order valence-electron chi connectivity index (χ2n) is 6.10. The number of carbonyl (C=O) groups excluding carboxylic acids is 1. The van der Waals surface area contributed by atoms with E-state index in [9.17, 15) is 9.90 Å². The van der Waals surface area contributed by atoms with Gasteiger partial charge in [0.15, 0.2) is 6.10 Å². The smallest absolute Gasteiger partial charge is 0.256 e. The quantitative estimate of drug-likeness (QED) is 0.866. The fraction of sp³-hybridized carbons (Fsp3) is 0.611. The molecule has 1 N–H and O–H groups in total. The van der Waals surface area contributed by atoms with Crippen LogP contribution in [-0.4, -0.2) is 53.5 Å². The Bertz CT molecular complexity index is 502. The molecule has 0 aliphatic carbocycles. The number of benzene rings is 1. The van der Waals surface area contributed by atoms with Gasteiger partial charge in [-0.3, -0.25) is 4.79 Å². The molecule has 2 rings (SSSR count). The van der Waals surface area contributed by atoms with Crippen molar-refractivity contribution >= 4 is 17.5 Å². The molecule has 0 saturated carbocycles. The standard InChI is InChI=1S/C18H27ClN2O2/c1-2-21(14-13-20-11-7-3-4-8-12-20)18(23)17(22)15-9-5-6-10-16(15)19/h5-6,9-10,17,22H,2-4,7-8,11-14H2,1H3. The van der Waals surface area contributed by atoms with Gasteiger partial charge in [0.25, 0.3) is 5.91 Å². The van der Waals surface area contributed by atoms with Crippen LogP contribution in [0.25, 0.3) is 0 Å². The number of hydrogen-bond acceptors (Lipinski definition) is 3. The van der Waals surface area contributed by atoms with Crippen molar-refractivity contribution < 1.29 is 9.90 Å². The van der Waals surface area contributed by atoms with Gasteiger partial charge in [-0.15, -0.1) is 0 Å². The van der Waals surface area contributed by atoms with E-state index in [-0.39, 0.29) is 5.91 Å². The maximum absolute atomic E-state index is 12.6. The minimum Gasteiger partial charge on any atom is -0.378 e. The van der Waals surface area contributed by atoms with Crippen molar-refractivity contribution in [3.05, 3.63) is 34.9 Å². The van der Waals surface area contributed by atoms with Crippen molar-refractivity contribution in [2.24, 2.45) is 0 Å². The number of hydrogen-bond donors (Lipinski definition) is 1. The first-order valence-corrected chi connectivity index (χ1v) is 8.95. The summed E-state index contributed by atoms with van der Waals surface area (Å²) in [7, 11) is 0. The van der Waals surface area contributed by atoms with E-state index in [1.165, 1.54) is 25.7 Å². The van der Waals surface area contributed by atoms with Crippen LogP contribution >= 0.6 is 11.6 Å². The molecule has 5 heteroatoms. The number of aliphatic hydroxyl groups is 1. The second-order valence-corrected chi connectivity index (χ2v) is 6.51. The van der Waals surface area contributed by atoms with Crippen molar-refractivity contribution in [1.82, 2.24) is 9.80 Å². The summed E-state index contributed by atoms with van der Waals surface area (Å²) in [6.45, 7) is 6.27. The van der Waals surface area contributed by atoms with E-state index >= 15 is 0 Å². The van der Waals surface area contributed by atoms with Crippen molar-refractivity contribution in [3.8, 4) is 0 Å². The molecule has 1 heterocycles. The molecule has 4 nitrogen and oxygen atoms in total. The number of aliphatic hydroxyl groups excluding tert-OH is 1. The fourth-order valence-electron chi connectivity index (χ4n) is 3.05. The molecule has 0 spiro atoms. The molecule has 1 aromatic rings. The highest BCUT2D eigenvalue weighted by Gasteiger charge is 2.24. The Morgan fingerprint density at radius 1 is 1.26 bits per heavy atom. The zero-order valence-corrected chi connectivity index (χ0v) is 14.6. The van der Waals surface area contributed by atoms with Gasteiger partial charge in [0.05, 0.1) is 0 Å². The van der Waals surface area contributed by atoms with Gasteiger partial charge in [-0.05, 0) is 38.9 Å². The van der Waals surface area contributed by atoms with Crippen molar-refractivity contribution in [2.45, 2.75) is 38.7 Å². The molecule has 1 aliphatic rings.